The molecule has 0 aliphatic carbocycles. The van der Waals surface area contributed by atoms with Crippen LogP contribution in [0.2, 0.25) is 0 Å². The van der Waals surface area contributed by atoms with Crippen molar-refractivity contribution in [2.24, 2.45) is 4.99 Å². The Morgan fingerprint density at radius 2 is 1.80 bits per heavy atom. The number of hydrogen-bond acceptors (Lipinski definition) is 5. The highest BCUT2D eigenvalue weighted by Crippen LogP contribution is 2.27. The second kappa shape index (κ2) is 10.3. The van der Waals surface area contributed by atoms with E-state index in [1.807, 2.05) is 24.4 Å². The van der Waals surface area contributed by atoms with Crippen molar-refractivity contribution in [3.05, 3.63) is 77.1 Å². The largest absolute Gasteiger partial charge is 0.301 e. The number of pyridine rings is 2. The minimum absolute atomic E-state index is 0.290. The van der Waals surface area contributed by atoms with Gasteiger partial charge in [0.15, 0.2) is 0 Å². The summed E-state index contributed by atoms with van der Waals surface area (Å²) in [5.41, 5.74) is 5.10. The van der Waals surface area contributed by atoms with Crippen molar-refractivity contribution in [2.45, 2.75) is 32.7 Å². The summed E-state index contributed by atoms with van der Waals surface area (Å²) in [5.74, 6) is -1.22. The third-order valence-electron chi connectivity index (χ3n) is 6.93. The second-order valence-corrected chi connectivity index (χ2v) is 9.58. The van der Waals surface area contributed by atoms with Gasteiger partial charge in [0.2, 0.25) is 0 Å². The van der Waals surface area contributed by atoms with Crippen molar-refractivity contribution in [3.8, 4) is 0 Å². The highest BCUT2D eigenvalue weighted by Gasteiger charge is 2.21. The van der Waals surface area contributed by atoms with Gasteiger partial charge in [-0.15, -0.1) is 0 Å². The van der Waals surface area contributed by atoms with E-state index in [0.717, 1.165) is 73.9 Å². The van der Waals surface area contributed by atoms with E-state index in [2.05, 4.69) is 39.7 Å². The molecule has 35 heavy (non-hydrogen) atoms. The molecule has 2 aliphatic heterocycles. The van der Waals surface area contributed by atoms with E-state index < -0.39 is 11.6 Å². The first-order chi connectivity index (χ1) is 17.0. The minimum atomic E-state index is -0.619. The van der Waals surface area contributed by atoms with Crippen LogP contribution in [0.3, 0.4) is 0 Å². The van der Waals surface area contributed by atoms with Gasteiger partial charge < -0.3 is 4.90 Å². The molecule has 0 spiro atoms. The number of aromatic nitrogens is 2. The number of hydrogen-bond donors (Lipinski definition) is 0. The highest BCUT2D eigenvalue weighted by molar-refractivity contribution is 6.32. The molecule has 4 heterocycles. The van der Waals surface area contributed by atoms with Crippen LogP contribution in [0.15, 0.2) is 53.7 Å². The third kappa shape index (κ3) is 5.31. The molecular formula is C28H31F2N5. The van der Waals surface area contributed by atoms with Crippen LogP contribution >= 0.6 is 0 Å². The summed E-state index contributed by atoms with van der Waals surface area (Å²) in [6.07, 6.45) is 5.91. The quantitative estimate of drug-likeness (QED) is 0.495. The van der Waals surface area contributed by atoms with Crippen LogP contribution in [0, 0.1) is 11.6 Å². The lowest BCUT2D eigenvalue weighted by atomic mass is 9.99. The van der Waals surface area contributed by atoms with Gasteiger partial charge in [-0.2, -0.15) is 0 Å². The summed E-state index contributed by atoms with van der Waals surface area (Å²) in [6.45, 7) is 10.6. The van der Waals surface area contributed by atoms with Crippen LogP contribution in [0.25, 0.3) is 16.6 Å². The van der Waals surface area contributed by atoms with Crippen molar-refractivity contribution >= 4 is 22.3 Å². The summed E-state index contributed by atoms with van der Waals surface area (Å²) >= 11 is 0. The maximum absolute atomic E-state index is 14.4. The molecule has 2 aliphatic rings. The number of rotatable bonds is 7. The van der Waals surface area contributed by atoms with Crippen LogP contribution in [0.4, 0.5) is 8.78 Å². The molecule has 182 valence electrons. The van der Waals surface area contributed by atoms with Crippen LogP contribution < -0.4 is 0 Å². The molecule has 0 atom stereocenters. The Hall–Kier alpha value is -3.03. The molecule has 0 saturated carbocycles. The summed E-state index contributed by atoms with van der Waals surface area (Å²) in [6, 6.07) is 10.1. The molecule has 0 radical (unpaired) electrons. The molecule has 1 saturated heterocycles. The Labute approximate surface area is 205 Å². The third-order valence-corrected chi connectivity index (χ3v) is 6.93. The standard InChI is InChI=1S/C28H31F2N5/c1-19(2)35-14-12-34(13-15-35)11-3-4-20-16-27-26(32-18-20)8-7-25(33-27)23-9-10-31-28(23)22-6-5-21(29)17-24(22)30/h5-9,16-19H,3-4,10-15H2,1-2H3. The van der Waals surface area contributed by atoms with Gasteiger partial charge >= 0.3 is 0 Å². The van der Waals surface area contributed by atoms with E-state index >= 15 is 0 Å². The fraction of sp³-hybridized carbons (Fsp3) is 0.393. The molecule has 2 aromatic heterocycles. The zero-order chi connectivity index (χ0) is 24.4. The molecule has 7 heteroatoms. The Morgan fingerprint density at radius 1 is 0.971 bits per heavy atom. The molecular weight excluding hydrogens is 444 g/mol. The number of benzene rings is 1. The summed E-state index contributed by atoms with van der Waals surface area (Å²) < 4.78 is 27.8. The maximum atomic E-state index is 14.4. The molecule has 0 unspecified atom stereocenters. The normalized spacial score (nSPS) is 17.3. The number of halogens is 2. The molecule has 3 aromatic rings. The van der Waals surface area contributed by atoms with Gasteiger partial charge in [0, 0.05) is 55.6 Å². The molecule has 0 amide bonds. The van der Waals surface area contributed by atoms with Gasteiger partial charge in [0.05, 0.1) is 29.0 Å². The average molecular weight is 476 g/mol. The number of allylic oxidation sites excluding steroid dienone is 1. The van der Waals surface area contributed by atoms with Gasteiger partial charge in [0.25, 0.3) is 0 Å². The van der Waals surface area contributed by atoms with E-state index in [-0.39, 0.29) is 5.56 Å². The van der Waals surface area contributed by atoms with Crippen molar-refractivity contribution in [1.29, 1.82) is 0 Å². The Balaban J connectivity index is 1.27. The molecule has 5 rings (SSSR count). The predicted octanol–water partition coefficient (Wildman–Crippen LogP) is 4.75. The maximum Gasteiger partial charge on any atom is 0.135 e. The van der Waals surface area contributed by atoms with Crippen molar-refractivity contribution in [3.63, 3.8) is 0 Å². The van der Waals surface area contributed by atoms with Gasteiger partial charge in [-0.3, -0.25) is 14.9 Å². The van der Waals surface area contributed by atoms with E-state index in [4.69, 9.17) is 4.98 Å². The summed E-state index contributed by atoms with van der Waals surface area (Å²) in [5, 5.41) is 0. The Morgan fingerprint density at radius 3 is 2.57 bits per heavy atom. The SMILES string of the molecule is CC(C)N1CCN(CCCc2cnc3ccc(C4=CCN=C4c4ccc(F)cc4F)nc3c2)CC1. The Kier molecular flexibility index (Phi) is 6.97. The van der Waals surface area contributed by atoms with Gasteiger partial charge in [0.1, 0.15) is 11.6 Å². The summed E-state index contributed by atoms with van der Waals surface area (Å²) in [7, 11) is 0. The monoisotopic (exact) mass is 475 g/mol. The van der Waals surface area contributed by atoms with Crippen LogP contribution in [0.5, 0.6) is 0 Å². The predicted molar refractivity (Wildman–Crippen MR) is 137 cm³/mol. The van der Waals surface area contributed by atoms with Crippen molar-refractivity contribution in [1.82, 2.24) is 19.8 Å². The first kappa shape index (κ1) is 23.7. The van der Waals surface area contributed by atoms with E-state index in [0.29, 0.717) is 18.3 Å². The second-order valence-electron chi connectivity index (χ2n) is 9.58. The van der Waals surface area contributed by atoms with Crippen LogP contribution in [-0.2, 0) is 6.42 Å². The topological polar surface area (TPSA) is 44.6 Å². The van der Waals surface area contributed by atoms with Crippen molar-refractivity contribution < 1.29 is 8.78 Å². The van der Waals surface area contributed by atoms with Gasteiger partial charge in [-0.1, -0.05) is 6.08 Å². The molecule has 0 bridgehead atoms. The number of aryl methyl sites for hydroxylation is 1. The first-order valence-corrected chi connectivity index (χ1v) is 12.4. The first-order valence-electron chi connectivity index (χ1n) is 12.4. The lowest BCUT2D eigenvalue weighted by molar-refractivity contribution is 0.108. The highest BCUT2D eigenvalue weighted by atomic mass is 19.1. The lowest BCUT2D eigenvalue weighted by Crippen LogP contribution is -2.48. The fourth-order valence-electron chi connectivity index (χ4n) is 4.89. The minimum Gasteiger partial charge on any atom is -0.301 e. The smallest absolute Gasteiger partial charge is 0.135 e. The van der Waals surface area contributed by atoms with Crippen LogP contribution in [0.1, 0.15) is 37.1 Å². The van der Waals surface area contributed by atoms with Crippen LogP contribution in [-0.4, -0.2) is 70.8 Å². The number of nitrogens with zero attached hydrogens (tertiary/aromatic N) is 5. The zero-order valence-electron chi connectivity index (χ0n) is 20.3. The van der Waals surface area contributed by atoms with E-state index in [1.165, 1.54) is 17.7 Å². The number of piperazine rings is 1. The van der Waals surface area contributed by atoms with E-state index in [1.54, 1.807) is 0 Å². The zero-order valence-corrected chi connectivity index (χ0v) is 20.3. The lowest BCUT2D eigenvalue weighted by Gasteiger charge is -2.36. The Bertz CT molecular complexity index is 1280. The van der Waals surface area contributed by atoms with Gasteiger partial charge in [-0.05, 0) is 69.1 Å². The molecule has 0 N–H and O–H groups in total. The molecule has 1 fully saturated rings. The number of fused-ring (bicyclic) bond motifs is 1. The van der Waals surface area contributed by atoms with Crippen molar-refractivity contribution in [2.75, 3.05) is 39.3 Å². The van der Waals surface area contributed by atoms with E-state index in [9.17, 15) is 8.78 Å². The summed E-state index contributed by atoms with van der Waals surface area (Å²) in [4.78, 5) is 19.0. The van der Waals surface area contributed by atoms with Gasteiger partial charge in [-0.25, -0.2) is 13.8 Å². The molecule has 1 aromatic carbocycles. The fourth-order valence-corrected chi connectivity index (χ4v) is 4.89. The number of aliphatic imine (C=N–C) groups is 1. The molecule has 5 nitrogen and oxygen atoms in total. The average Bonchev–Trinajstić information content (AvgIpc) is 3.33.